The number of nitrogens with one attached hydrogen (secondary N) is 1. The Hall–Kier alpha value is -2.44. The highest BCUT2D eigenvalue weighted by Crippen LogP contribution is 2.27. The first-order valence-electron chi connectivity index (χ1n) is 11.2. The summed E-state index contributed by atoms with van der Waals surface area (Å²) >= 11 is 12.4. The van der Waals surface area contributed by atoms with Crippen molar-refractivity contribution in [3.63, 3.8) is 0 Å². The second-order valence-electron chi connectivity index (χ2n) is 8.22. The number of hydrogen-bond donors (Lipinski definition) is 1. The monoisotopic (exact) mass is 492 g/mol. The molecule has 0 saturated heterocycles. The largest absolute Gasteiger partial charge is 0.493 e. The third kappa shape index (κ3) is 7.02. The number of rotatable bonds is 9. The Morgan fingerprint density at radius 3 is 2.45 bits per heavy atom. The molecule has 1 atom stereocenters. The van der Waals surface area contributed by atoms with Gasteiger partial charge in [0.2, 0.25) is 5.91 Å². The fraction of sp³-hybridized carbons (Fsp3) is 0.440. The second-order valence-corrected chi connectivity index (χ2v) is 9.06. The van der Waals surface area contributed by atoms with Crippen LogP contribution in [0.1, 0.15) is 44.6 Å². The second kappa shape index (κ2) is 12.1. The molecule has 1 aliphatic carbocycles. The molecule has 1 aliphatic rings. The maximum Gasteiger partial charge on any atom is 0.261 e. The van der Waals surface area contributed by atoms with Crippen molar-refractivity contribution in [2.45, 2.75) is 57.7 Å². The molecule has 1 saturated carbocycles. The standard InChI is InChI=1S/C25H30Cl2N2O4/c1-17(25(31)28-20-8-4-3-5-9-20)29(15-18-12-13-19(26)14-21(18)27)24(30)16-33-23-11-7-6-10-22(23)32-2/h6-7,10-14,17,20H,3-5,8-9,15-16H2,1-2H3,(H,28,31)/t17-/m0/s1. The number of amides is 2. The van der Waals surface area contributed by atoms with E-state index in [9.17, 15) is 9.59 Å². The van der Waals surface area contributed by atoms with Crippen molar-refractivity contribution in [2.24, 2.45) is 0 Å². The summed E-state index contributed by atoms with van der Waals surface area (Å²) in [5.41, 5.74) is 0.698. The number of benzene rings is 2. The van der Waals surface area contributed by atoms with Crippen LogP contribution in [0.4, 0.5) is 0 Å². The van der Waals surface area contributed by atoms with Crippen LogP contribution >= 0.6 is 23.2 Å². The van der Waals surface area contributed by atoms with Gasteiger partial charge < -0.3 is 19.7 Å². The molecule has 33 heavy (non-hydrogen) atoms. The van der Waals surface area contributed by atoms with E-state index >= 15 is 0 Å². The van der Waals surface area contributed by atoms with Gasteiger partial charge in [0, 0.05) is 22.6 Å². The summed E-state index contributed by atoms with van der Waals surface area (Å²) in [6, 6.07) is 11.6. The smallest absolute Gasteiger partial charge is 0.261 e. The third-order valence-corrected chi connectivity index (χ3v) is 6.48. The first-order valence-corrected chi connectivity index (χ1v) is 11.9. The molecular weight excluding hydrogens is 463 g/mol. The van der Waals surface area contributed by atoms with E-state index in [4.69, 9.17) is 32.7 Å². The summed E-state index contributed by atoms with van der Waals surface area (Å²) in [5, 5.41) is 4.05. The molecule has 0 aliphatic heterocycles. The van der Waals surface area contributed by atoms with Crippen LogP contribution in [-0.2, 0) is 16.1 Å². The lowest BCUT2D eigenvalue weighted by molar-refractivity contribution is -0.142. The molecular formula is C25H30Cl2N2O4. The van der Waals surface area contributed by atoms with Crippen LogP contribution in [0.5, 0.6) is 11.5 Å². The molecule has 2 aromatic rings. The molecule has 8 heteroatoms. The van der Waals surface area contributed by atoms with E-state index in [2.05, 4.69) is 5.32 Å². The van der Waals surface area contributed by atoms with Crippen LogP contribution in [0.25, 0.3) is 0 Å². The van der Waals surface area contributed by atoms with E-state index in [1.165, 1.54) is 18.4 Å². The minimum Gasteiger partial charge on any atom is -0.493 e. The zero-order chi connectivity index (χ0) is 23.8. The van der Waals surface area contributed by atoms with Crippen LogP contribution in [0.15, 0.2) is 42.5 Å². The van der Waals surface area contributed by atoms with Gasteiger partial charge in [-0.2, -0.15) is 0 Å². The Labute approximate surface area is 205 Å². The first-order chi connectivity index (χ1) is 15.9. The van der Waals surface area contributed by atoms with E-state index in [1.807, 2.05) is 6.07 Å². The van der Waals surface area contributed by atoms with Crippen molar-refractivity contribution in [1.82, 2.24) is 10.2 Å². The van der Waals surface area contributed by atoms with E-state index in [1.54, 1.807) is 43.3 Å². The summed E-state index contributed by atoms with van der Waals surface area (Å²) in [6.07, 6.45) is 5.34. The highest BCUT2D eigenvalue weighted by atomic mass is 35.5. The maximum atomic E-state index is 13.2. The Morgan fingerprint density at radius 1 is 1.09 bits per heavy atom. The highest BCUT2D eigenvalue weighted by molar-refractivity contribution is 6.35. The van der Waals surface area contributed by atoms with Crippen LogP contribution < -0.4 is 14.8 Å². The van der Waals surface area contributed by atoms with Gasteiger partial charge in [0.15, 0.2) is 18.1 Å². The zero-order valence-electron chi connectivity index (χ0n) is 19.0. The number of halogens is 2. The minimum atomic E-state index is -0.701. The number of hydrogen-bond acceptors (Lipinski definition) is 4. The predicted octanol–water partition coefficient (Wildman–Crippen LogP) is 5.25. The summed E-state index contributed by atoms with van der Waals surface area (Å²) in [4.78, 5) is 27.8. The van der Waals surface area contributed by atoms with Gasteiger partial charge in [-0.25, -0.2) is 0 Å². The lowest BCUT2D eigenvalue weighted by Gasteiger charge is -2.31. The average Bonchev–Trinajstić information content (AvgIpc) is 2.82. The quantitative estimate of drug-likeness (QED) is 0.519. The number of ether oxygens (including phenoxy) is 2. The number of para-hydroxylation sites is 2. The molecule has 0 spiro atoms. The normalized spacial score (nSPS) is 14.9. The molecule has 0 unspecified atom stereocenters. The van der Waals surface area contributed by atoms with Crippen LogP contribution in [0, 0.1) is 0 Å². The number of carbonyl (C=O) groups excluding carboxylic acids is 2. The molecule has 1 N–H and O–H groups in total. The van der Waals surface area contributed by atoms with Gasteiger partial charge in [-0.05, 0) is 49.6 Å². The molecule has 3 rings (SSSR count). The van der Waals surface area contributed by atoms with Gasteiger partial charge in [0.25, 0.3) is 5.91 Å². The number of carbonyl (C=O) groups is 2. The molecule has 178 valence electrons. The van der Waals surface area contributed by atoms with E-state index in [0.717, 1.165) is 25.7 Å². The SMILES string of the molecule is COc1ccccc1OCC(=O)N(Cc1ccc(Cl)cc1Cl)[C@@H](C)C(=O)NC1CCCCC1. The molecule has 6 nitrogen and oxygen atoms in total. The van der Waals surface area contributed by atoms with Crippen molar-refractivity contribution in [3.05, 3.63) is 58.1 Å². The average molecular weight is 493 g/mol. The number of methoxy groups -OCH3 is 1. The summed E-state index contributed by atoms with van der Waals surface area (Å²) in [7, 11) is 1.54. The first kappa shape index (κ1) is 25.2. The van der Waals surface area contributed by atoms with Crippen molar-refractivity contribution in [1.29, 1.82) is 0 Å². The number of nitrogens with zero attached hydrogens (tertiary/aromatic N) is 1. The van der Waals surface area contributed by atoms with Gasteiger partial charge in [-0.3, -0.25) is 9.59 Å². The minimum absolute atomic E-state index is 0.148. The lowest BCUT2D eigenvalue weighted by Crippen LogP contribution is -2.51. The van der Waals surface area contributed by atoms with Gasteiger partial charge in [0.05, 0.1) is 7.11 Å². The molecule has 2 amide bonds. The molecule has 0 heterocycles. The third-order valence-electron chi connectivity index (χ3n) is 5.89. The Morgan fingerprint density at radius 2 is 1.79 bits per heavy atom. The molecule has 0 aromatic heterocycles. The van der Waals surface area contributed by atoms with Crippen LogP contribution in [-0.4, -0.2) is 42.5 Å². The van der Waals surface area contributed by atoms with Gasteiger partial charge in [-0.15, -0.1) is 0 Å². The topological polar surface area (TPSA) is 67.9 Å². The van der Waals surface area contributed by atoms with Gasteiger partial charge in [0.1, 0.15) is 6.04 Å². The van der Waals surface area contributed by atoms with Crippen molar-refractivity contribution in [2.75, 3.05) is 13.7 Å². The summed E-state index contributed by atoms with van der Waals surface area (Å²) in [5.74, 6) is 0.466. The van der Waals surface area contributed by atoms with Crippen molar-refractivity contribution in [3.8, 4) is 11.5 Å². The predicted molar refractivity (Wildman–Crippen MR) is 130 cm³/mol. The van der Waals surface area contributed by atoms with Crippen LogP contribution in [0.3, 0.4) is 0 Å². The van der Waals surface area contributed by atoms with Crippen LogP contribution in [0.2, 0.25) is 10.0 Å². The van der Waals surface area contributed by atoms with E-state index in [0.29, 0.717) is 27.1 Å². The summed E-state index contributed by atoms with van der Waals surface area (Å²) < 4.78 is 11.0. The molecule has 2 aromatic carbocycles. The van der Waals surface area contributed by atoms with Gasteiger partial charge in [-0.1, -0.05) is 60.7 Å². The Bertz CT molecular complexity index is 963. The Kier molecular flexibility index (Phi) is 9.27. The van der Waals surface area contributed by atoms with E-state index in [-0.39, 0.29) is 31.0 Å². The van der Waals surface area contributed by atoms with Crippen molar-refractivity contribution >= 4 is 35.0 Å². The highest BCUT2D eigenvalue weighted by Gasteiger charge is 2.29. The summed E-state index contributed by atoms with van der Waals surface area (Å²) in [6.45, 7) is 1.64. The Balaban J connectivity index is 1.75. The van der Waals surface area contributed by atoms with Gasteiger partial charge >= 0.3 is 0 Å². The van der Waals surface area contributed by atoms with E-state index < -0.39 is 6.04 Å². The zero-order valence-corrected chi connectivity index (χ0v) is 20.5. The fourth-order valence-electron chi connectivity index (χ4n) is 3.95. The maximum absolute atomic E-state index is 13.2. The van der Waals surface area contributed by atoms with Crippen molar-refractivity contribution < 1.29 is 19.1 Å². The fourth-order valence-corrected chi connectivity index (χ4v) is 4.41. The molecule has 1 fully saturated rings. The molecule has 0 bridgehead atoms. The molecule has 0 radical (unpaired) electrons. The lowest BCUT2D eigenvalue weighted by atomic mass is 9.95.